The fraction of sp³-hybridized carbons (Fsp3) is 0.133. The molecule has 2 rings (SSSR count). The van der Waals surface area contributed by atoms with Crippen molar-refractivity contribution in [1.82, 2.24) is 0 Å². The quantitative estimate of drug-likeness (QED) is 0.848. The molecule has 98 valence electrons. The van der Waals surface area contributed by atoms with Crippen LogP contribution in [0.3, 0.4) is 0 Å². The Morgan fingerprint density at radius 2 is 1.63 bits per heavy atom. The number of rotatable bonds is 5. The maximum atomic E-state index is 12.0. The van der Waals surface area contributed by atoms with Crippen LogP contribution in [0.2, 0.25) is 5.02 Å². The molecule has 0 aliphatic heterocycles. The van der Waals surface area contributed by atoms with Crippen molar-refractivity contribution in [2.24, 2.45) is 0 Å². The fourth-order valence-electron chi connectivity index (χ4n) is 1.69. The maximum Gasteiger partial charge on any atom is 0.150 e. The van der Waals surface area contributed by atoms with Gasteiger partial charge in [0.05, 0.1) is 16.6 Å². The summed E-state index contributed by atoms with van der Waals surface area (Å²) in [6, 6.07) is 16.2. The number of ketones is 1. The molecule has 0 aliphatic carbocycles. The van der Waals surface area contributed by atoms with Gasteiger partial charge < -0.3 is 0 Å². The highest BCUT2D eigenvalue weighted by molar-refractivity contribution is 7.85. The molecule has 2 aromatic rings. The van der Waals surface area contributed by atoms with Gasteiger partial charge in [0.25, 0.3) is 0 Å². The highest BCUT2D eigenvalue weighted by Gasteiger charge is 2.10. The highest BCUT2D eigenvalue weighted by Crippen LogP contribution is 2.13. The summed E-state index contributed by atoms with van der Waals surface area (Å²) in [4.78, 5) is 12.5. The van der Waals surface area contributed by atoms with Gasteiger partial charge in [0.15, 0.2) is 0 Å². The van der Waals surface area contributed by atoms with Crippen LogP contribution in [0.25, 0.3) is 0 Å². The Balaban J connectivity index is 1.95. The molecular weight excluding hydrogens is 280 g/mol. The minimum Gasteiger partial charge on any atom is -0.298 e. The zero-order valence-electron chi connectivity index (χ0n) is 10.2. The number of benzene rings is 2. The fourth-order valence-corrected chi connectivity index (χ4v) is 2.82. The summed E-state index contributed by atoms with van der Waals surface area (Å²) in [5, 5.41) is 0.594. The largest absolute Gasteiger partial charge is 0.298 e. The van der Waals surface area contributed by atoms with E-state index in [1.165, 1.54) is 0 Å². The third-order valence-corrected chi connectivity index (χ3v) is 4.25. The topological polar surface area (TPSA) is 34.1 Å². The van der Waals surface area contributed by atoms with E-state index in [1.54, 1.807) is 24.3 Å². The lowest BCUT2D eigenvalue weighted by molar-refractivity contribution is -0.116. The van der Waals surface area contributed by atoms with Crippen LogP contribution in [-0.4, -0.2) is 15.7 Å². The van der Waals surface area contributed by atoms with Crippen molar-refractivity contribution in [1.29, 1.82) is 0 Å². The van der Waals surface area contributed by atoms with E-state index < -0.39 is 10.8 Å². The standard InChI is InChI=1S/C15H13ClO2S/c16-13-6-8-15(9-7-13)19(18)11-14(17)10-12-4-2-1-3-5-12/h1-9H,10-11H2. The van der Waals surface area contributed by atoms with Crippen molar-refractivity contribution in [3.8, 4) is 0 Å². The molecule has 1 unspecified atom stereocenters. The second-order valence-corrected chi connectivity index (χ2v) is 6.03. The first kappa shape index (κ1) is 14.0. The van der Waals surface area contributed by atoms with Crippen molar-refractivity contribution >= 4 is 28.2 Å². The van der Waals surface area contributed by atoms with E-state index in [0.29, 0.717) is 16.3 Å². The zero-order chi connectivity index (χ0) is 13.7. The van der Waals surface area contributed by atoms with E-state index in [9.17, 15) is 9.00 Å². The molecule has 0 fully saturated rings. The molecule has 0 bridgehead atoms. The highest BCUT2D eigenvalue weighted by atomic mass is 35.5. The van der Waals surface area contributed by atoms with Gasteiger partial charge in [-0.05, 0) is 29.8 Å². The van der Waals surface area contributed by atoms with Gasteiger partial charge in [0.1, 0.15) is 5.78 Å². The lowest BCUT2D eigenvalue weighted by atomic mass is 10.1. The molecule has 0 aliphatic rings. The van der Waals surface area contributed by atoms with Crippen molar-refractivity contribution in [2.45, 2.75) is 11.3 Å². The number of carbonyl (C=O) groups excluding carboxylic acids is 1. The van der Waals surface area contributed by atoms with Crippen LogP contribution in [0, 0.1) is 0 Å². The van der Waals surface area contributed by atoms with Crippen LogP contribution >= 0.6 is 11.6 Å². The molecule has 0 aromatic heterocycles. The average Bonchev–Trinajstić information content (AvgIpc) is 2.40. The average molecular weight is 293 g/mol. The van der Waals surface area contributed by atoms with Gasteiger partial charge in [-0.25, -0.2) is 0 Å². The molecule has 4 heteroatoms. The molecule has 0 N–H and O–H groups in total. The molecule has 0 heterocycles. The Hall–Kier alpha value is -1.45. The zero-order valence-corrected chi connectivity index (χ0v) is 11.8. The molecule has 0 radical (unpaired) electrons. The Morgan fingerprint density at radius 3 is 2.26 bits per heavy atom. The minimum absolute atomic E-state index is 0.0283. The third-order valence-electron chi connectivity index (χ3n) is 2.61. The number of Topliss-reactive ketones (excluding diaryl/α,β-unsaturated/α-hetero) is 1. The first-order chi connectivity index (χ1) is 9.15. The van der Waals surface area contributed by atoms with Gasteiger partial charge in [0.2, 0.25) is 0 Å². The van der Waals surface area contributed by atoms with E-state index in [0.717, 1.165) is 5.56 Å². The number of carbonyl (C=O) groups is 1. The second-order valence-electron chi connectivity index (χ2n) is 4.14. The predicted molar refractivity (Wildman–Crippen MR) is 77.9 cm³/mol. The lowest BCUT2D eigenvalue weighted by Crippen LogP contribution is -2.13. The van der Waals surface area contributed by atoms with E-state index in [4.69, 9.17) is 11.6 Å². The van der Waals surface area contributed by atoms with Crippen LogP contribution < -0.4 is 0 Å². The molecule has 0 saturated heterocycles. The molecule has 0 spiro atoms. The molecule has 2 nitrogen and oxygen atoms in total. The van der Waals surface area contributed by atoms with E-state index in [-0.39, 0.29) is 11.5 Å². The SMILES string of the molecule is O=C(Cc1ccccc1)CS(=O)c1ccc(Cl)cc1. The van der Waals surface area contributed by atoms with Crippen molar-refractivity contribution in [3.05, 3.63) is 65.2 Å². The molecule has 19 heavy (non-hydrogen) atoms. The molecule has 1 atom stereocenters. The van der Waals surface area contributed by atoms with Crippen molar-refractivity contribution in [3.63, 3.8) is 0 Å². The molecule has 0 amide bonds. The van der Waals surface area contributed by atoms with E-state index >= 15 is 0 Å². The molecule has 2 aromatic carbocycles. The second kappa shape index (κ2) is 6.64. The van der Waals surface area contributed by atoms with Gasteiger partial charge in [-0.3, -0.25) is 9.00 Å². The predicted octanol–water partition coefficient (Wildman–Crippen LogP) is 3.26. The first-order valence-electron chi connectivity index (χ1n) is 5.85. The van der Waals surface area contributed by atoms with Gasteiger partial charge in [-0.1, -0.05) is 41.9 Å². The summed E-state index contributed by atoms with van der Waals surface area (Å²) < 4.78 is 12.0. The number of hydrogen-bond acceptors (Lipinski definition) is 2. The summed E-state index contributed by atoms with van der Waals surface area (Å²) in [6.45, 7) is 0. The normalized spacial score (nSPS) is 12.1. The Morgan fingerprint density at radius 1 is 1.00 bits per heavy atom. The van der Waals surface area contributed by atoms with E-state index in [1.807, 2.05) is 30.3 Å². The maximum absolute atomic E-state index is 12.0. The van der Waals surface area contributed by atoms with E-state index in [2.05, 4.69) is 0 Å². The van der Waals surface area contributed by atoms with Gasteiger partial charge in [-0.15, -0.1) is 0 Å². The number of hydrogen-bond donors (Lipinski definition) is 0. The lowest BCUT2D eigenvalue weighted by Gasteiger charge is -2.03. The van der Waals surface area contributed by atoms with Crippen LogP contribution in [0.4, 0.5) is 0 Å². The van der Waals surface area contributed by atoms with Crippen molar-refractivity contribution < 1.29 is 9.00 Å². The van der Waals surface area contributed by atoms with Gasteiger partial charge in [-0.2, -0.15) is 0 Å². The Bertz CT molecular complexity index is 579. The Kier molecular flexibility index (Phi) is 4.88. The summed E-state index contributed by atoms with van der Waals surface area (Å²) in [5.74, 6) is 0.00996. The third kappa shape index (κ3) is 4.30. The monoisotopic (exact) mass is 292 g/mol. The summed E-state index contributed by atoms with van der Waals surface area (Å²) in [5.41, 5.74) is 0.945. The Labute approximate surface area is 119 Å². The summed E-state index contributed by atoms with van der Waals surface area (Å²) in [7, 11) is -1.30. The number of halogens is 1. The minimum atomic E-state index is -1.30. The smallest absolute Gasteiger partial charge is 0.150 e. The van der Waals surface area contributed by atoms with Crippen molar-refractivity contribution in [2.75, 3.05) is 5.75 Å². The van der Waals surface area contributed by atoms with Gasteiger partial charge in [0, 0.05) is 16.3 Å². The van der Waals surface area contributed by atoms with Crippen LogP contribution in [0.5, 0.6) is 0 Å². The molecule has 0 saturated carbocycles. The van der Waals surface area contributed by atoms with Gasteiger partial charge >= 0.3 is 0 Å². The summed E-state index contributed by atoms with van der Waals surface area (Å²) in [6.07, 6.45) is 0.320. The van der Waals surface area contributed by atoms with Crippen LogP contribution in [0.15, 0.2) is 59.5 Å². The first-order valence-corrected chi connectivity index (χ1v) is 7.54. The molecular formula is C15H13ClO2S. The van der Waals surface area contributed by atoms with Crippen LogP contribution in [-0.2, 0) is 22.0 Å². The summed E-state index contributed by atoms with van der Waals surface area (Å²) >= 11 is 5.76. The van der Waals surface area contributed by atoms with Crippen LogP contribution in [0.1, 0.15) is 5.56 Å².